The van der Waals surface area contributed by atoms with Gasteiger partial charge in [-0.1, -0.05) is 18.2 Å². The topological polar surface area (TPSA) is 60.4 Å². The van der Waals surface area contributed by atoms with Gasteiger partial charge < -0.3 is 4.55 Å². The van der Waals surface area contributed by atoms with Crippen molar-refractivity contribution in [2.75, 3.05) is 14.1 Å². The molecule has 0 aliphatic carbocycles. The Kier molecular flexibility index (Phi) is 5.07. The second-order valence-electron chi connectivity index (χ2n) is 3.33. The lowest BCUT2D eigenvalue weighted by molar-refractivity contribution is 0.520. The van der Waals surface area contributed by atoms with Crippen LogP contribution in [0.15, 0.2) is 35.2 Å². The van der Waals surface area contributed by atoms with Gasteiger partial charge in [0.15, 0.2) is 4.90 Å². The van der Waals surface area contributed by atoms with Gasteiger partial charge in [0.2, 0.25) is 0 Å². The third kappa shape index (κ3) is 3.05. The summed E-state index contributed by atoms with van der Waals surface area (Å²) in [5.41, 5.74) is 0. The summed E-state index contributed by atoms with van der Waals surface area (Å²) in [6, 6.07) is 8.39. The first-order valence-electron chi connectivity index (χ1n) is 4.48. The fourth-order valence-electron chi connectivity index (χ4n) is 0.989. The molecule has 1 aromatic rings. The number of rotatable bonds is 4. The van der Waals surface area contributed by atoms with Crippen molar-refractivity contribution in [3.8, 4) is 0 Å². The predicted molar refractivity (Wildman–Crippen MR) is 76.0 cm³/mol. The van der Waals surface area contributed by atoms with Crippen molar-refractivity contribution in [1.29, 1.82) is 0 Å². The van der Waals surface area contributed by atoms with Crippen LogP contribution in [0.5, 0.6) is 0 Å². The molecule has 1 atom stereocenters. The van der Waals surface area contributed by atoms with Crippen molar-refractivity contribution in [3.05, 3.63) is 30.3 Å². The SMILES string of the molecule is CN(C)S(=O)(=O)C(Br)(Br)[S+]([O-])c1ccccc1. The molecule has 0 amide bonds. The summed E-state index contributed by atoms with van der Waals surface area (Å²) in [4.78, 5) is 0.423. The highest BCUT2D eigenvalue weighted by Gasteiger charge is 2.52. The van der Waals surface area contributed by atoms with E-state index in [-0.39, 0.29) is 0 Å². The number of benzene rings is 1. The minimum atomic E-state index is -3.76. The zero-order valence-corrected chi connectivity index (χ0v) is 13.9. The van der Waals surface area contributed by atoms with Crippen molar-refractivity contribution >= 4 is 53.1 Å². The first-order chi connectivity index (χ1) is 7.71. The molecule has 96 valence electrons. The summed E-state index contributed by atoms with van der Waals surface area (Å²) in [7, 11) is -0.990. The molecule has 1 rings (SSSR count). The zero-order chi connectivity index (χ0) is 13.3. The van der Waals surface area contributed by atoms with E-state index in [1.165, 1.54) is 14.1 Å². The average molecular weight is 405 g/mol. The average Bonchev–Trinajstić information content (AvgIpc) is 2.28. The molecule has 8 heteroatoms. The molecule has 0 saturated heterocycles. The molecule has 0 radical (unpaired) electrons. The molecule has 0 heterocycles. The van der Waals surface area contributed by atoms with Crippen molar-refractivity contribution in [2.45, 2.75) is 6.79 Å². The highest BCUT2D eigenvalue weighted by molar-refractivity contribution is 9.30. The lowest BCUT2D eigenvalue weighted by Crippen LogP contribution is -2.42. The number of hydrogen-bond acceptors (Lipinski definition) is 3. The second kappa shape index (κ2) is 5.58. The number of sulfonamides is 1. The quantitative estimate of drug-likeness (QED) is 0.570. The molecule has 0 bridgehead atoms. The zero-order valence-electron chi connectivity index (χ0n) is 9.13. The van der Waals surface area contributed by atoms with Crippen LogP contribution >= 0.6 is 31.9 Å². The summed E-state index contributed by atoms with van der Waals surface area (Å²) in [6.45, 7) is 0. The van der Waals surface area contributed by atoms with Crippen molar-refractivity contribution < 1.29 is 13.0 Å². The van der Waals surface area contributed by atoms with Gasteiger partial charge in [-0.15, -0.1) is 0 Å². The van der Waals surface area contributed by atoms with Gasteiger partial charge in [-0.2, -0.15) is 0 Å². The molecule has 0 spiro atoms. The summed E-state index contributed by atoms with van der Waals surface area (Å²) < 4.78 is 35.5. The smallest absolute Gasteiger partial charge is 0.349 e. The van der Waals surface area contributed by atoms with Crippen LogP contribution < -0.4 is 0 Å². The maximum absolute atomic E-state index is 12.2. The second-order valence-corrected chi connectivity index (χ2v) is 13.0. The van der Waals surface area contributed by atoms with Crippen LogP contribution in [0.3, 0.4) is 0 Å². The molecule has 1 unspecified atom stereocenters. The molecule has 0 aliphatic rings. The predicted octanol–water partition coefficient (Wildman–Crippen LogP) is 2.09. The number of hydrogen-bond donors (Lipinski definition) is 0. The van der Waals surface area contributed by atoms with Gasteiger partial charge in [0.1, 0.15) is 0 Å². The Bertz CT molecular complexity index is 476. The van der Waals surface area contributed by atoms with Gasteiger partial charge in [-0.3, -0.25) is 0 Å². The normalized spacial score (nSPS) is 14.9. The monoisotopic (exact) mass is 403 g/mol. The molecule has 4 nitrogen and oxygen atoms in total. The summed E-state index contributed by atoms with van der Waals surface area (Å²) in [5.74, 6) is 0. The van der Waals surface area contributed by atoms with E-state index in [0.29, 0.717) is 4.90 Å². The van der Waals surface area contributed by atoms with E-state index in [1.54, 1.807) is 30.3 Å². The molecule has 1 aromatic carbocycles. The molecule has 0 aliphatic heterocycles. The van der Waals surface area contributed by atoms with Gasteiger partial charge in [-0.25, -0.2) is 12.7 Å². The van der Waals surface area contributed by atoms with Crippen LogP contribution in [0.4, 0.5) is 0 Å². The number of alkyl halides is 2. The van der Waals surface area contributed by atoms with E-state index in [2.05, 4.69) is 31.9 Å². The fourth-order valence-corrected chi connectivity index (χ4v) is 6.45. The van der Waals surface area contributed by atoms with E-state index in [4.69, 9.17) is 0 Å². The summed E-state index contributed by atoms with van der Waals surface area (Å²) >= 11 is 4.21. The van der Waals surface area contributed by atoms with E-state index in [1.807, 2.05) is 0 Å². The first kappa shape index (κ1) is 15.5. The van der Waals surface area contributed by atoms with Gasteiger partial charge >= 0.3 is 1.90 Å². The molecule has 17 heavy (non-hydrogen) atoms. The van der Waals surface area contributed by atoms with E-state index in [0.717, 1.165) is 4.31 Å². The van der Waals surface area contributed by atoms with E-state index in [9.17, 15) is 13.0 Å². The Labute approximate surface area is 121 Å². The number of halogens is 2. The maximum Gasteiger partial charge on any atom is 0.349 e. The minimum Gasteiger partial charge on any atom is -0.609 e. The van der Waals surface area contributed by atoms with Crippen LogP contribution in [-0.2, 0) is 21.2 Å². The highest BCUT2D eigenvalue weighted by Crippen LogP contribution is 2.43. The van der Waals surface area contributed by atoms with Gasteiger partial charge in [0.05, 0.1) is 0 Å². The van der Waals surface area contributed by atoms with Gasteiger partial charge in [0, 0.05) is 57.1 Å². The largest absolute Gasteiger partial charge is 0.609 e. The van der Waals surface area contributed by atoms with E-state index < -0.39 is 23.1 Å². The van der Waals surface area contributed by atoms with Crippen LogP contribution in [0.2, 0.25) is 0 Å². The van der Waals surface area contributed by atoms with Crippen LogP contribution in [0.1, 0.15) is 0 Å². The highest BCUT2D eigenvalue weighted by atomic mass is 79.9. The third-order valence-electron chi connectivity index (χ3n) is 1.95. The van der Waals surface area contributed by atoms with Crippen molar-refractivity contribution in [2.24, 2.45) is 0 Å². The fraction of sp³-hybridized carbons (Fsp3) is 0.333. The lowest BCUT2D eigenvalue weighted by atomic mass is 10.4. The van der Waals surface area contributed by atoms with Crippen molar-refractivity contribution in [3.63, 3.8) is 0 Å². The Morgan fingerprint density at radius 2 is 1.71 bits per heavy atom. The third-order valence-corrected chi connectivity index (χ3v) is 9.95. The molecule has 0 saturated carbocycles. The van der Waals surface area contributed by atoms with Crippen LogP contribution in [0, 0.1) is 0 Å². The molecule has 0 fully saturated rings. The van der Waals surface area contributed by atoms with Crippen LogP contribution in [0.25, 0.3) is 0 Å². The van der Waals surface area contributed by atoms with Gasteiger partial charge in [0.25, 0.3) is 10.0 Å². The summed E-state index contributed by atoms with van der Waals surface area (Å²) in [6.07, 6.45) is 0. The Hall–Kier alpha value is 0.400. The molecule has 0 N–H and O–H groups in total. The van der Waals surface area contributed by atoms with Crippen LogP contribution in [-0.4, -0.2) is 33.3 Å². The maximum atomic E-state index is 12.2. The van der Waals surface area contributed by atoms with Crippen molar-refractivity contribution in [1.82, 2.24) is 4.31 Å². The summed E-state index contributed by atoms with van der Waals surface area (Å²) in [5, 5.41) is 0. The molecular formula is C9H11Br2NO3S2. The Balaban J connectivity index is 3.16. The molecular weight excluding hydrogens is 394 g/mol. The van der Waals surface area contributed by atoms with E-state index >= 15 is 0 Å². The van der Waals surface area contributed by atoms with Gasteiger partial charge in [-0.05, 0) is 12.1 Å². The minimum absolute atomic E-state index is 0.423. The Morgan fingerprint density at radius 1 is 1.24 bits per heavy atom. The first-order valence-corrected chi connectivity index (χ1v) is 8.65. The lowest BCUT2D eigenvalue weighted by Gasteiger charge is -2.26. The standard InChI is InChI=1S/C9H11Br2NO3S2/c1-12(2)17(14,15)9(10,11)16(13)8-6-4-3-5-7-8/h3-7H,1-2H3. The molecule has 0 aromatic heterocycles. The Morgan fingerprint density at radius 3 is 2.12 bits per heavy atom. The number of nitrogens with zero attached hydrogens (tertiary/aromatic N) is 1.